The fourth-order valence-corrected chi connectivity index (χ4v) is 8.52. The highest BCUT2D eigenvalue weighted by atomic mass is 79.9. The largest absolute Gasteiger partial charge is 0.128 e. The maximum Gasteiger partial charge on any atom is 0.110 e. The van der Waals surface area contributed by atoms with Crippen LogP contribution in [0.3, 0.4) is 0 Å². The first-order valence-electron chi connectivity index (χ1n) is 12.8. The highest BCUT2D eigenvalue weighted by Crippen LogP contribution is 2.60. The van der Waals surface area contributed by atoms with Crippen molar-refractivity contribution in [2.75, 3.05) is 0 Å². The number of terminal acetylenes is 2. The number of thiophene rings is 2. The zero-order valence-corrected chi connectivity index (χ0v) is 28.1. The van der Waals surface area contributed by atoms with E-state index in [0.29, 0.717) is 0 Å². The van der Waals surface area contributed by atoms with Crippen LogP contribution >= 0.6 is 54.5 Å². The number of hydrogen-bond donors (Lipinski definition) is 0. The first kappa shape index (κ1) is 30.9. The molecule has 0 aliphatic heterocycles. The molecule has 0 spiro atoms. The molecule has 4 heteroatoms. The molecular formula is C41H12Br2S2. The third kappa shape index (κ3) is 5.86. The molecule has 1 aromatic carbocycles. The third-order valence-electron chi connectivity index (χ3n) is 6.83. The zero-order valence-electron chi connectivity index (χ0n) is 23.3. The fourth-order valence-electron chi connectivity index (χ4n) is 5.09. The van der Waals surface area contributed by atoms with Crippen LogP contribution in [-0.2, 0) is 10.8 Å². The van der Waals surface area contributed by atoms with E-state index < -0.39 is 10.8 Å². The van der Waals surface area contributed by atoms with Crippen LogP contribution in [-0.4, -0.2) is 0 Å². The van der Waals surface area contributed by atoms with Crippen molar-refractivity contribution in [1.82, 2.24) is 0 Å². The van der Waals surface area contributed by atoms with Gasteiger partial charge in [0.2, 0.25) is 0 Å². The summed E-state index contributed by atoms with van der Waals surface area (Å²) in [5.74, 6) is 38.6. The second-order valence-corrected chi connectivity index (χ2v) is 14.1. The van der Waals surface area contributed by atoms with E-state index in [-0.39, 0.29) is 0 Å². The Morgan fingerprint density at radius 1 is 0.644 bits per heavy atom. The van der Waals surface area contributed by atoms with Gasteiger partial charge >= 0.3 is 0 Å². The normalized spacial score (nSPS) is 15.8. The summed E-state index contributed by atoms with van der Waals surface area (Å²) in [4.78, 5) is 2.21. The summed E-state index contributed by atoms with van der Waals surface area (Å²) in [6, 6.07) is 8.65. The molecule has 0 N–H and O–H groups in total. The van der Waals surface area contributed by atoms with Gasteiger partial charge in [-0.15, -0.1) is 35.5 Å². The van der Waals surface area contributed by atoms with Crippen molar-refractivity contribution >= 4 is 54.5 Å². The average Bonchev–Trinajstić information content (AvgIpc) is 3.73. The Labute approximate surface area is 288 Å². The lowest BCUT2D eigenvalue weighted by Gasteiger charge is -2.23. The van der Waals surface area contributed by atoms with E-state index in [1.807, 2.05) is 6.08 Å². The van der Waals surface area contributed by atoms with E-state index in [1.165, 1.54) is 0 Å². The first-order chi connectivity index (χ1) is 21.9. The molecule has 5 rings (SSSR count). The minimum atomic E-state index is -0.899. The van der Waals surface area contributed by atoms with Crippen molar-refractivity contribution in [3.8, 4) is 117 Å². The van der Waals surface area contributed by atoms with Gasteiger partial charge in [-0.1, -0.05) is 23.3 Å². The molecule has 202 valence electrons. The van der Waals surface area contributed by atoms with Crippen molar-refractivity contribution < 1.29 is 0 Å². The van der Waals surface area contributed by atoms with Crippen LogP contribution in [0.15, 0.2) is 78.9 Å². The fraction of sp³-hybridized carbons (Fsp3) is 0.0732. The minimum Gasteiger partial charge on any atom is -0.128 e. The van der Waals surface area contributed by atoms with Crippen LogP contribution in [0.1, 0.15) is 29.2 Å². The maximum absolute atomic E-state index is 5.22. The first-order valence-corrected chi connectivity index (χ1v) is 16.0. The molecule has 45 heavy (non-hydrogen) atoms. The number of fused-ring (bicyclic) bond motifs is 6. The Kier molecular flexibility index (Phi) is 9.22. The molecule has 0 fully saturated rings. The molecule has 2 aliphatic carbocycles. The van der Waals surface area contributed by atoms with Crippen LogP contribution in [0.4, 0.5) is 0 Å². The third-order valence-corrected chi connectivity index (χ3v) is 10.2. The molecule has 0 bridgehead atoms. The Morgan fingerprint density at radius 3 is 1.84 bits per heavy atom. The molecule has 0 amide bonds. The van der Waals surface area contributed by atoms with Crippen molar-refractivity contribution in [1.29, 1.82) is 0 Å². The summed E-state index contributed by atoms with van der Waals surface area (Å²) in [5.41, 5.74) is 21.3. The van der Waals surface area contributed by atoms with Crippen molar-refractivity contribution in [3.63, 3.8) is 0 Å². The minimum absolute atomic E-state index is 0.614. The van der Waals surface area contributed by atoms with E-state index in [2.05, 4.69) is 187 Å². The zero-order chi connectivity index (χ0) is 31.9. The van der Waals surface area contributed by atoms with Gasteiger partial charge in [0.15, 0.2) is 0 Å². The summed E-state index contributed by atoms with van der Waals surface area (Å²) >= 11 is 10.7. The van der Waals surface area contributed by atoms with Gasteiger partial charge in [-0.25, -0.2) is 0 Å². The second kappa shape index (κ2) is 13.4. The van der Waals surface area contributed by atoms with Crippen molar-refractivity contribution in [2.24, 2.45) is 0 Å². The smallest absolute Gasteiger partial charge is 0.110 e. The quantitative estimate of drug-likeness (QED) is 0.175. The van der Waals surface area contributed by atoms with Crippen LogP contribution < -0.4 is 0 Å². The highest BCUT2D eigenvalue weighted by molar-refractivity contribution is 9.11. The van der Waals surface area contributed by atoms with Crippen LogP contribution in [0, 0.1) is 95.7 Å². The number of allylic oxidation sites excluding steroid dienone is 1. The summed E-state index contributed by atoms with van der Waals surface area (Å²) in [6.45, 7) is 5.60. The summed E-state index contributed by atoms with van der Waals surface area (Å²) in [5, 5.41) is 0. The molecule has 0 radical (unpaired) electrons. The number of halogens is 2. The van der Waals surface area contributed by atoms with Crippen molar-refractivity contribution in [3.05, 3.63) is 101 Å². The van der Waals surface area contributed by atoms with E-state index in [4.69, 9.17) is 12.8 Å². The standard InChI is InChI=1S/C41H12Br2S2/c1-5-8-11-14-17-20-23-40(4)32-26-31-33(27-30(32)38-34(40)28-36(42)44-38)41(24-21-18-15-12-9-6-2,25-22-19-16-13-10-7-3)35-29-37(43)45-39(31)35/h1-2,25-29H,3H2,4H3. The molecule has 0 saturated carbocycles. The molecule has 2 atom stereocenters. The predicted octanol–water partition coefficient (Wildman–Crippen LogP) is 8.29. The van der Waals surface area contributed by atoms with Crippen molar-refractivity contribution in [2.45, 2.75) is 17.8 Å². The topological polar surface area (TPSA) is 0 Å². The van der Waals surface area contributed by atoms with Gasteiger partial charge in [0, 0.05) is 9.75 Å². The molecule has 0 saturated heterocycles. The van der Waals surface area contributed by atoms with Gasteiger partial charge in [0.25, 0.3) is 0 Å². The average molecular weight is 728 g/mol. The monoisotopic (exact) mass is 726 g/mol. The number of rotatable bonds is 1. The van der Waals surface area contributed by atoms with Gasteiger partial charge < -0.3 is 0 Å². The van der Waals surface area contributed by atoms with E-state index >= 15 is 0 Å². The summed E-state index contributed by atoms with van der Waals surface area (Å²) < 4.78 is 1.98. The molecule has 2 unspecified atom stereocenters. The van der Waals surface area contributed by atoms with Crippen LogP contribution in [0.2, 0.25) is 0 Å². The van der Waals surface area contributed by atoms with E-state index in [0.717, 1.165) is 50.7 Å². The van der Waals surface area contributed by atoms with Crippen LogP contribution in [0.5, 0.6) is 0 Å². The SMILES string of the molecule is C#CC#CC#CC#CC1(C)c2cc3c(cc2-c2sc(Br)cc21)C(C#CC#CC#CC#C)(C=C=C=C=C=C=C=C)c1cc(Br)sc1-3. The Hall–Kier alpha value is -5.52. The number of hydrogen-bond acceptors (Lipinski definition) is 2. The van der Waals surface area contributed by atoms with E-state index in [1.54, 1.807) is 22.7 Å². The van der Waals surface area contributed by atoms with Crippen LogP contribution in [0.25, 0.3) is 20.9 Å². The number of benzene rings is 1. The Morgan fingerprint density at radius 2 is 1.18 bits per heavy atom. The molecule has 0 nitrogen and oxygen atoms in total. The molecule has 2 aliphatic rings. The molecule has 2 heterocycles. The molecule has 2 aromatic heterocycles. The lowest BCUT2D eigenvalue weighted by atomic mass is 9.76. The lowest BCUT2D eigenvalue weighted by molar-refractivity contribution is 0.779. The predicted molar refractivity (Wildman–Crippen MR) is 191 cm³/mol. The Bertz CT molecular complexity index is 2570. The molecular weight excluding hydrogens is 716 g/mol. The van der Waals surface area contributed by atoms with Gasteiger partial charge in [-0.05, 0) is 203 Å². The summed E-state index contributed by atoms with van der Waals surface area (Å²) in [6.07, 6.45) is 12.3. The summed E-state index contributed by atoms with van der Waals surface area (Å²) in [7, 11) is 0. The van der Waals surface area contributed by atoms with Gasteiger partial charge in [0.05, 0.1) is 13.0 Å². The van der Waals surface area contributed by atoms with Gasteiger partial charge in [-0.2, -0.15) is 0 Å². The Balaban J connectivity index is 1.84. The van der Waals surface area contributed by atoms with Gasteiger partial charge in [0.1, 0.15) is 5.41 Å². The highest BCUT2D eigenvalue weighted by Gasteiger charge is 2.47. The second-order valence-electron chi connectivity index (χ2n) is 9.22. The maximum atomic E-state index is 5.22. The van der Waals surface area contributed by atoms with E-state index in [9.17, 15) is 0 Å². The lowest BCUT2D eigenvalue weighted by Crippen LogP contribution is -2.21. The van der Waals surface area contributed by atoms with Gasteiger partial charge in [-0.3, -0.25) is 0 Å². The molecule has 3 aromatic rings.